The lowest BCUT2D eigenvalue weighted by molar-refractivity contribution is -0.137. The Labute approximate surface area is 148 Å². The van der Waals surface area contributed by atoms with Gasteiger partial charge in [0.25, 0.3) is 5.91 Å². The van der Waals surface area contributed by atoms with Crippen LogP contribution in [0, 0.1) is 0 Å². The van der Waals surface area contributed by atoms with Gasteiger partial charge in [-0.25, -0.2) is 0 Å². The van der Waals surface area contributed by atoms with Crippen molar-refractivity contribution >= 4 is 5.91 Å². The van der Waals surface area contributed by atoms with E-state index in [4.69, 9.17) is 13.9 Å². The number of carbonyl (C=O) groups excluding carboxylic acids is 1. The van der Waals surface area contributed by atoms with Gasteiger partial charge in [-0.2, -0.15) is 13.2 Å². The minimum Gasteiger partial charge on any atom is -0.484 e. The van der Waals surface area contributed by atoms with Crippen molar-refractivity contribution in [2.45, 2.75) is 25.1 Å². The molecule has 0 spiro atoms. The van der Waals surface area contributed by atoms with Gasteiger partial charge in [0.15, 0.2) is 6.61 Å². The fourth-order valence-corrected chi connectivity index (χ4v) is 2.67. The Bertz CT molecular complexity index is 737. The molecule has 0 bridgehead atoms. The summed E-state index contributed by atoms with van der Waals surface area (Å²) in [4.78, 5) is 11.8. The Kier molecular flexibility index (Phi) is 5.51. The first-order valence-electron chi connectivity index (χ1n) is 8.18. The van der Waals surface area contributed by atoms with E-state index >= 15 is 0 Å². The number of carbonyl (C=O) groups is 1. The molecule has 1 aliphatic rings. The summed E-state index contributed by atoms with van der Waals surface area (Å²) in [7, 11) is 0. The van der Waals surface area contributed by atoms with E-state index in [1.54, 1.807) is 6.07 Å². The van der Waals surface area contributed by atoms with Crippen molar-refractivity contribution < 1.29 is 31.9 Å². The van der Waals surface area contributed by atoms with Gasteiger partial charge in [-0.1, -0.05) is 0 Å². The van der Waals surface area contributed by atoms with Crippen molar-refractivity contribution in [3.8, 4) is 16.9 Å². The molecule has 0 aliphatic carbocycles. The summed E-state index contributed by atoms with van der Waals surface area (Å²) in [6.07, 6.45) is 0.00322. The van der Waals surface area contributed by atoms with Crippen molar-refractivity contribution in [2.24, 2.45) is 0 Å². The topological polar surface area (TPSA) is 60.7 Å². The standard InChI is InChI=1S/C18H18F3NO4/c19-18(20,21)14-6-13(12-3-5-24-10-12)7-16(8-14)26-11-17(23)22-9-15-2-1-4-25-15/h3,5-8,10,15H,1-2,4,9,11H2,(H,22,23). The van der Waals surface area contributed by atoms with Crippen LogP contribution in [0.2, 0.25) is 0 Å². The quantitative estimate of drug-likeness (QED) is 0.845. The highest BCUT2D eigenvalue weighted by atomic mass is 19.4. The predicted octanol–water partition coefficient (Wildman–Crippen LogP) is 3.64. The Morgan fingerprint density at radius 3 is 2.77 bits per heavy atom. The molecule has 1 amide bonds. The number of ether oxygens (including phenoxy) is 2. The highest BCUT2D eigenvalue weighted by Crippen LogP contribution is 2.35. The van der Waals surface area contributed by atoms with Gasteiger partial charge in [-0.15, -0.1) is 0 Å². The summed E-state index contributed by atoms with van der Waals surface area (Å²) in [6.45, 7) is 0.669. The zero-order chi connectivity index (χ0) is 18.6. The fraction of sp³-hybridized carbons (Fsp3) is 0.389. The van der Waals surface area contributed by atoms with Crippen molar-refractivity contribution in [1.29, 1.82) is 0 Å². The van der Waals surface area contributed by atoms with Crippen LogP contribution < -0.4 is 10.1 Å². The minimum absolute atomic E-state index is 0.0137. The highest BCUT2D eigenvalue weighted by Gasteiger charge is 2.31. The number of hydrogen-bond acceptors (Lipinski definition) is 4. The van der Waals surface area contributed by atoms with Gasteiger partial charge < -0.3 is 19.2 Å². The highest BCUT2D eigenvalue weighted by molar-refractivity contribution is 5.77. The lowest BCUT2D eigenvalue weighted by atomic mass is 10.0. The second kappa shape index (κ2) is 7.82. The molecule has 1 aliphatic heterocycles. The van der Waals surface area contributed by atoms with Crippen molar-refractivity contribution in [2.75, 3.05) is 19.8 Å². The summed E-state index contributed by atoms with van der Waals surface area (Å²) >= 11 is 0. The molecular weight excluding hydrogens is 351 g/mol. The van der Waals surface area contributed by atoms with E-state index in [0.717, 1.165) is 25.0 Å². The molecule has 0 radical (unpaired) electrons. The second-order valence-corrected chi connectivity index (χ2v) is 5.98. The molecule has 1 unspecified atom stereocenters. The van der Waals surface area contributed by atoms with Crippen LogP contribution in [0.3, 0.4) is 0 Å². The van der Waals surface area contributed by atoms with Crippen LogP contribution in [0.15, 0.2) is 41.2 Å². The van der Waals surface area contributed by atoms with Gasteiger partial charge in [0.1, 0.15) is 5.75 Å². The zero-order valence-corrected chi connectivity index (χ0v) is 13.8. The monoisotopic (exact) mass is 369 g/mol. The molecular formula is C18H18F3NO4. The molecule has 1 fully saturated rings. The molecule has 1 saturated heterocycles. The SMILES string of the molecule is O=C(COc1cc(-c2ccoc2)cc(C(F)(F)F)c1)NCC1CCCO1. The molecule has 140 valence electrons. The molecule has 26 heavy (non-hydrogen) atoms. The third-order valence-corrected chi connectivity index (χ3v) is 4.01. The number of alkyl halides is 3. The summed E-state index contributed by atoms with van der Waals surface area (Å²) in [5.41, 5.74) is -0.0712. The van der Waals surface area contributed by atoms with Gasteiger partial charge >= 0.3 is 6.18 Å². The average Bonchev–Trinajstić information content (AvgIpc) is 3.30. The molecule has 2 aromatic rings. The first-order valence-corrected chi connectivity index (χ1v) is 8.18. The Morgan fingerprint density at radius 2 is 2.12 bits per heavy atom. The number of hydrogen-bond donors (Lipinski definition) is 1. The number of amides is 1. The summed E-state index contributed by atoms with van der Waals surface area (Å²) in [6, 6.07) is 4.87. The van der Waals surface area contributed by atoms with Crippen molar-refractivity contribution in [3.05, 3.63) is 42.4 Å². The lowest BCUT2D eigenvalue weighted by Crippen LogP contribution is -2.35. The van der Waals surface area contributed by atoms with Crippen molar-refractivity contribution in [1.82, 2.24) is 5.32 Å². The number of nitrogens with one attached hydrogen (secondary N) is 1. The number of halogens is 3. The first kappa shape index (κ1) is 18.3. The van der Waals surface area contributed by atoms with Crippen LogP contribution in [0.25, 0.3) is 11.1 Å². The second-order valence-electron chi connectivity index (χ2n) is 5.98. The largest absolute Gasteiger partial charge is 0.484 e. The molecule has 0 saturated carbocycles. The Balaban J connectivity index is 1.66. The van der Waals surface area contributed by atoms with E-state index in [1.165, 1.54) is 18.6 Å². The maximum atomic E-state index is 13.1. The number of rotatable bonds is 6. The molecule has 5 nitrogen and oxygen atoms in total. The first-order chi connectivity index (χ1) is 12.4. The molecule has 1 N–H and O–H groups in total. The number of furan rings is 1. The van der Waals surface area contributed by atoms with E-state index in [-0.39, 0.29) is 18.5 Å². The summed E-state index contributed by atoms with van der Waals surface area (Å²) in [5, 5.41) is 2.66. The maximum absolute atomic E-state index is 13.1. The summed E-state index contributed by atoms with van der Waals surface area (Å²) < 4.78 is 54.9. The third-order valence-electron chi connectivity index (χ3n) is 4.01. The van der Waals surface area contributed by atoms with Gasteiger partial charge in [0, 0.05) is 18.7 Å². The van der Waals surface area contributed by atoms with Crippen LogP contribution in [-0.2, 0) is 15.7 Å². The molecule has 8 heteroatoms. The maximum Gasteiger partial charge on any atom is 0.416 e. The molecule has 1 atom stereocenters. The van der Waals surface area contributed by atoms with Crippen LogP contribution >= 0.6 is 0 Å². The predicted molar refractivity (Wildman–Crippen MR) is 86.6 cm³/mol. The zero-order valence-electron chi connectivity index (χ0n) is 13.8. The van der Waals surface area contributed by atoms with Gasteiger partial charge in [-0.05, 0) is 42.7 Å². The molecule has 2 heterocycles. The molecule has 1 aromatic heterocycles. The van der Waals surface area contributed by atoms with Crippen LogP contribution in [-0.4, -0.2) is 31.8 Å². The van der Waals surface area contributed by atoms with Crippen LogP contribution in [0.1, 0.15) is 18.4 Å². The van der Waals surface area contributed by atoms with Crippen molar-refractivity contribution in [3.63, 3.8) is 0 Å². The van der Waals surface area contributed by atoms with E-state index in [1.807, 2.05) is 0 Å². The average molecular weight is 369 g/mol. The van der Waals surface area contributed by atoms with E-state index in [9.17, 15) is 18.0 Å². The minimum atomic E-state index is -4.53. The Morgan fingerprint density at radius 1 is 1.27 bits per heavy atom. The number of benzene rings is 1. The van der Waals surface area contributed by atoms with E-state index < -0.39 is 17.6 Å². The van der Waals surface area contributed by atoms with E-state index in [2.05, 4.69) is 5.32 Å². The third kappa shape index (κ3) is 4.78. The van der Waals surface area contributed by atoms with Gasteiger partial charge in [0.2, 0.25) is 0 Å². The molecule has 3 rings (SSSR count). The van der Waals surface area contributed by atoms with Crippen LogP contribution in [0.4, 0.5) is 13.2 Å². The van der Waals surface area contributed by atoms with Gasteiger partial charge in [-0.3, -0.25) is 4.79 Å². The molecule has 1 aromatic carbocycles. The fourth-order valence-electron chi connectivity index (χ4n) is 2.67. The van der Waals surface area contributed by atoms with Crippen LogP contribution in [0.5, 0.6) is 5.75 Å². The summed E-state index contributed by atoms with van der Waals surface area (Å²) in [5.74, 6) is -0.453. The van der Waals surface area contributed by atoms with E-state index in [0.29, 0.717) is 24.3 Å². The smallest absolute Gasteiger partial charge is 0.416 e. The normalized spacial score (nSPS) is 17.3. The Hall–Kier alpha value is -2.48. The lowest BCUT2D eigenvalue weighted by Gasteiger charge is -2.14. The van der Waals surface area contributed by atoms with Gasteiger partial charge in [0.05, 0.1) is 24.2 Å².